The number of rotatable bonds is 7. The van der Waals surface area contributed by atoms with Gasteiger partial charge in [0.25, 0.3) is 13.1 Å². The Bertz CT molecular complexity index is 1080. The maximum absolute atomic E-state index is 13.3. The van der Waals surface area contributed by atoms with Crippen LogP contribution in [0.5, 0.6) is 0 Å². The van der Waals surface area contributed by atoms with Crippen molar-refractivity contribution in [2.24, 2.45) is 0 Å². The first kappa shape index (κ1) is 21.2. The fraction of sp³-hybridized carbons (Fsp3) is 0.0952. The second-order valence-electron chi connectivity index (χ2n) is 6.42. The quantitative estimate of drug-likeness (QED) is 0.333. The Hall–Kier alpha value is -3.48. The molecule has 1 amide bonds. The van der Waals surface area contributed by atoms with Crippen molar-refractivity contribution in [1.29, 1.82) is 0 Å². The molecule has 0 aromatic heterocycles. The molecule has 8 nitrogen and oxygen atoms in total. The summed E-state index contributed by atoms with van der Waals surface area (Å²) in [5.74, 6) is -1.43. The van der Waals surface area contributed by atoms with Gasteiger partial charge in [-0.15, -0.1) is 0 Å². The van der Waals surface area contributed by atoms with Crippen molar-refractivity contribution >= 4 is 24.5 Å². The lowest BCUT2D eigenvalue weighted by Crippen LogP contribution is -2.31. The van der Waals surface area contributed by atoms with Crippen molar-refractivity contribution in [2.45, 2.75) is 12.4 Å². The molecule has 3 aromatic rings. The van der Waals surface area contributed by atoms with Crippen LogP contribution in [0.25, 0.3) is 0 Å². The fourth-order valence-corrected chi connectivity index (χ4v) is 4.59. The maximum Gasteiger partial charge on any atom is 0.408 e. The molecule has 2 N–H and O–H groups in total. The van der Waals surface area contributed by atoms with Gasteiger partial charge in [-0.25, -0.2) is 4.79 Å². The average molecular weight is 426 g/mol. The monoisotopic (exact) mass is 426 g/mol. The number of alkyl carbamates (subject to hydrolysis) is 1. The van der Waals surface area contributed by atoms with Gasteiger partial charge in [0.2, 0.25) is 0 Å². The molecule has 154 valence electrons. The van der Waals surface area contributed by atoms with Crippen molar-refractivity contribution in [1.82, 2.24) is 5.32 Å². The van der Waals surface area contributed by atoms with Gasteiger partial charge in [0.1, 0.15) is 12.4 Å². The molecular weight excluding hydrogens is 407 g/mol. The normalized spacial score (nSPS) is 13.6. The smallest absolute Gasteiger partial charge is 0.408 e. The molecule has 0 fully saturated rings. The van der Waals surface area contributed by atoms with Crippen LogP contribution in [0.1, 0.15) is 16.9 Å². The third-order valence-electron chi connectivity index (χ3n) is 4.34. The highest BCUT2D eigenvalue weighted by molar-refractivity contribution is 7.66. The van der Waals surface area contributed by atoms with E-state index >= 15 is 0 Å². The van der Waals surface area contributed by atoms with Crippen molar-refractivity contribution in [2.75, 3.05) is 0 Å². The molecule has 3 rings (SSSR count). The number of nitrogens with one attached hydrogen (secondary N) is 1. The minimum Gasteiger partial charge on any atom is -0.445 e. The zero-order valence-corrected chi connectivity index (χ0v) is 16.6. The zero-order chi connectivity index (χ0) is 21.6. The average Bonchev–Trinajstić information content (AvgIpc) is 2.77. The predicted molar refractivity (Wildman–Crippen MR) is 112 cm³/mol. The summed E-state index contributed by atoms with van der Waals surface area (Å²) in [6.45, 7) is -0.0323. The second-order valence-corrected chi connectivity index (χ2v) is 8.70. The molecule has 0 spiro atoms. The summed E-state index contributed by atoms with van der Waals surface area (Å²) in [4.78, 5) is 33.8. The Morgan fingerprint density at radius 3 is 2.30 bits per heavy atom. The lowest BCUT2D eigenvalue weighted by Gasteiger charge is -2.24. The van der Waals surface area contributed by atoms with E-state index in [2.05, 4.69) is 5.32 Å². The van der Waals surface area contributed by atoms with Crippen LogP contribution in [0.2, 0.25) is 0 Å². The molecule has 30 heavy (non-hydrogen) atoms. The highest BCUT2D eigenvalue weighted by Gasteiger charge is 2.36. The highest BCUT2D eigenvalue weighted by atomic mass is 31.2. The van der Waals surface area contributed by atoms with Crippen LogP contribution >= 0.6 is 7.37 Å². The van der Waals surface area contributed by atoms with Crippen molar-refractivity contribution in [3.8, 4) is 0 Å². The number of hydrogen-bond donors (Lipinski definition) is 2. The van der Waals surface area contributed by atoms with Crippen LogP contribution < -0.4 is 10.6 Å². The number of amides is 1. The third kappa shape index (κ3) is 5.11. The van der Waals surface area contributed by atoms with E-state index in [1.807, 2.05) is 6.07 Å². The SMILES string of the molecule is O=C(NC(c1cccc([N+](=O)[O-])c1)P(=O)(O)c1ccccc1)OCc1ccccc1. The number of carbonyl (C=O) groups is 1. The van der Waals surface area contributed by atoms with Crippen LogP contribution in [0.4, 0.5) is 10.5 Å². The van der Waals surface area contributed by atoms with Gasteiger partial charge in [0.05, 0.1) is 4.92 Å². The molecule has 0 aliphatic heterocycles. The molecule has 3 aromatic carbocycles. The van der Waals surface area contributed by atoms with Gasteiger partial charge in [0.15, 0.2) is 0 Å². The van der Waals surface area contributed by atoms with Crippen LogP contribution in [0, 0.1) is 10.1 Å². The number of ether oxygens (including phenoxy) is 1. The molecule has 0 saturated heterocycles. The molecule has 0 radical (unpaired) electrons. The van der Waals surface area contributed by atoms with Crippen molar-refractivity contribution in [3.63, 3.8) is 0 Å². The summed E-state index contributed by atoms with van der Waals surface area (Å²) in [5, 5.41) is 13.7. The standard InChI is InChI=1S/C21H19N2O6P/c24-21(29-15-16-8-3-1-4-9-16)22-20(17-10-7-11-18(14-17)23(25)26)30(27,28)19-12-5-2-6-13-19/h1-14,20H,15H2,(H,22,24)(H,27,28). The van der Waals surface area contributed by atoms with E-state index in [1.165, 1.54) is 30.3 Å². The van der Waals surface area contributed by atoms with Crippen LogP contribution in [0.3, 0.4) is 0 Å². The Morgan fingerprint density at radius 2 is 1.67 bits per heavy atom. The molecular formula is C21H19N2O6P. The minimum atomic E-state index is -4.21. The molecule has 0 heterocycles. The van der Waals surface area contributed by atoms with Crippen LogP contribution in [-0.4, -0.2) is 15.9 Å². The number of nitro groups is 1. The molecule has 0 saturated carbocycles. The van der Waals surface area contributed by atoms with Gasteiger partial charge in [-0.1, -0.05) is 60.7 Å². The Kier molecular flexibility index (Phi) is 6.61. The van der Waals surface area contributed by atoms with E-state index in [0.717, 1.165) is 11.6 Å². The maximum atomic E-state index is 13.3. The van der Waals surface area contributed by atoms with Crippen molar-refractivity contribution in [3.05, 3.63) is 106 Å². The lowest BCUT2D eigenvalue weighted by atomic mass is 10.2. The van der Waals surface area contributed by atoms with Gasteiger partial charge in [0, 0.05) is 17.4 Å². The topological polar surface area (TPSA) is 119 Å². The summed E-state index contributed by atoms with van der Waals surface area (Å²) in [5.41, 5.74) is 0.607. The number of hydrogen-bond acceptors (Lipinski definition) is 5. The fourth-order valence-electron chi connectivity index (χ4n) is 2.85. The van der Waals surface area contributed by atoms with Gasteiger partial charge in [-0.3, -0.25) is 14.7 Å². The van der Waals surface area contributed by atoms with Gasteiger partial charge < -0.3 is 14.9 Å². The summed E-state index contributed by atoms with van der Waals surface area (Å²) in [7, 11) is -4.21. The first-order valence-electron chi connectivity index (χ1n) is 8.97. The highest BCUT2D eigenvalue weighted by Crippen LogP contribution is 2.53. The Balaban J connectivity index is 1.89. The second kappa shape index (κ2) is 9.35. The van der Waals surface area contributed by atoms with E-state index in [1.54, 1.807) is 42.5 Å². The molecule has 0 aliphatic carbocycles. The molecule has 0 aliphatic rings. The zero-order valence-electron chi connectivity index (χ0n) is 15.8. The van der Waals surface area contributed by atoms with Gasteiger partial charge in [-0.05, 0) is 23.3 Å². The van der Waals surface area contributed by atoms with E-state index < -0.39 is 24.2 Å². The van der Waals surface area contributed by atoms with Crippen LogP contribution in [0.15, 0.2) is 84.9 Å². The molecule has 9 heteroatoms. The van der Waals surface area contributed by atoms with E-state index in [0.29, 0.717) is 0 Å². The molecule has 2 atom stereocenters. The lowest BCUT2D eigenvalue weighted by molar-refractivity contribution is -0.384. The minimum absolute atomic E-state index is 0.0323. The van der Waals surface area contributed by atoms with E-state index in [9.17, 15) is 24.4 Å². The van der Waals surface area contributed by atoms with Gasteiger partial charge >= 0.3 is 6.09 Å². The van der Waals surface area contributed by atoms with Crippen LogP contribution in [-0.2, 0) is 15.9 Å². The summed E-state index contributed by atoms with van der Waals surface area (Å²) in [6, 6.07) is 22.0. The van der Waals surface area contributed by atoms with Gasteiger partial charge in [-0.2, -0.15) is 0 Å². The third-order valence-corrected chi connectivity index (χ3v) is 6.51. The number of nitro benzene ring substituents is 1. The Labute approximate surface area is 172 Å². The molecule has 2 unspecified atom stereocenters. The molecule has 0 bridgehead atoms. The first-order chi connectivity index (χ1) is 14.4. The first-order valence-corrected chi connectivity index (χ1v) is 10.7. The van der Waals surface area contributed by atoms with E-state index in [-0.39, 0.29) is 23.2 Å². The number of carbonyl (C=O) groups excluding carboxylic acids is 1. The largest absolute Gasteiger partial charge is 0.445 e. The number of benzene rings is 3. The predicted octanol–water partition coefficient (Wildman–Crippen LogP) is 4.12. The number of non-ortho nitro benzene ring substituents is 1. The van der Waals surface area contributed by atoms with Crippen molar-refractivity contribution < 1.29 is 23.9 Å². The summed E-state index contributed by atoms with van der Waals surface area (Å²) >= 11 is 0. The summed E-state index contributed by atoms with van der Waals surface area (Å²) < 4.78 is 18.5. The Morgan fingerprint density at radius 1 is 1.03 bits per heavy atom. The summed E-state index contributed by atoms with van der Waals surface area (Å²) in [6.07, 6.45) is -0.916. The van der Waals surface area contributed by atoms with E-state index in [4.69, 9.17) is 4.74 Å². The number of nitrogens with zero attached hydrogens (tertiary/aromatic N) is 1.